The van der Waals surface area contributed by atoms with Crippen LogP contribution in [0.2, 0.25) is 0 Å². The Morgan fingerprint density at radius 3 is 2.43 bits per heavy atom. The first-order chi connectivity index (χ1) is 9.91. The van der Waals surface area contributed by atoms with E-state index in [1.54, 1.807) is 12.1 Å². The fourth-order valence-electron chi connectivity index (χ4n) is 2.78. The lowest BCUT2D eigenvalue weighted by Gasteiger charge is -2.30. The van der Waals surface area contributed by atoms with Crippen molar-refractivity contribution in [3.63, 3.8) is 0 Å². The maximum absolute atomic E-state index is 13.3. The number of halogens is 3. The molecule has 1 aliphatic heterocycles. The van der Waals surface area contributed by atoms with Crippen LogP contribution in [0.4, 0.5) is 18.9 Å². The van der Waals surface area contributed by atoms with Crippen molar-refractivity contribution in [3.8, 4) is 0 Å². The van der Waals surface area contributed by atoms with Crippen LogP contribution in [0.3, 0.4) is 0 Å². The Bertz CT molecular complexity index is 465. The van der Waals surface area contributed by atoms with Crippen LogP contribution in [-0.4, -0.2) is 19.1 Å². The van der Waals surface area contributed by atoms with Gasteiger partial charge in [0.1, 0.15) is 0 Å². The highest BCUT2D eigenvalue weighted by atomic mass is 19.4. The molecule has 0 radical (unpaired) electrons. The lowest BCUT2D eigenvalue weighted by Crippen LogP contribution is -2.30. The summed E-state index contributed by atoms with van der Waals surface area (Å²) in [6.07, 6.45) is -0.134. The molecule has 1 unspecified atom stereocenters. The van der Waals surface area contributed by atoms with Gasteiger partial charge in [0.05, 0.1) is 5.56 Å². The third-order valence-electron chi connectivity index (χ3n) is 4.13. The topological polar surface area (TPSA) is 29.3 Å². The van der Waals surface area contributed by atoms with Crippen LogP contribution in [0.25, 0.3) is 0 Å². The van der Waals surface area contributed by atoms with Crippen LogP contribution in [-0.2, 0) is 12.6 Å². The first-order valence-electron chi connectivity index (χ1n) is 7.62. The average molecular weight is 300 g/mol. The normalized spacial score (nSPS) is 17.9. The zero-order valence-corrected chi connectivity index (χ0v) is 12.4. The minimum Gasteiger partial charge on any atom is -0.372 e. The predicted octanol–water partition coefficient (Wildman–Crippen LogP) is 3.98. The number of hydrogen-bond acceptors (Lipinski definition) is 2. The molecule has 1 saturated heterocycles. The van der Waals surface area contributed by atoms with E-state index in [0.717, 1.165) is 32.4 Å². The van der Waals surface area contributed by atoms with E-state index in [-0.39, 0.29) is 12.5 Å². The summed E-state index contributed by atoms with van der Waals surface area (Å²) in [5, 5.41) is 0. The summed E-state index contributed by atoms with van der Waals surface area (Å²) >= 11 is 0. The van der Waals surface area contributed by atoms with Gasteiger partial charge in [-0.3, -0.25) is 0 Å². The van der Waals surface area contributed by atoms with Gasteiger partial charge in [-0.2, -0.15) is 13.2 Å². The number of piperidine rings is 1. The van der Waals surface area contributed by atoms with Crippen LogP contribution < -0.4 is 10.6 Å². The second-order valence-electron chi connectivity index (χ2n) is 5.76. The molecule has 1 aromatic carbocycles. The van der Waals surface area contributed by atoms with Gasteiger partial charge in [0.2, 0.25) is 0 Å². The molecule has 0 bridgehead atoms. The summed E-state index contributed by atoms with van der Waals surface area (Å²) in [4.78, 5) is 2.04. The van der Waals surface area contributed by atoms with Gasteiger partial charge in [-0.1, -0.05) is 13.0 Å². The minimum absolute atomic E-state index is 0.230. The van der Waals surface area contributed by atoms with Crippen LogP contribution in [0.15, 0.2) is 18.2 Å². The molecule has 0 saturated carbocycles. The summed E-state index contributed by atoms with van der Waals surface area (Å²) < 4.78 is 39.9. The molecule has 0 spiro atoms. The average Bonchev–Trinajstić information content (AvgIpc) is 2.47. The minimum atomic E-state index is -4.32. The molecule has 1 fully saturated rings. The predicted molar refractivity (Wildman–Crippen MR) is 79.5 cm³/mol. The molecule has 0 aromatic heterocycles. The molecule has 2 rings (SSSR count). The number of benzene rings is 1. The van der Waals surface area contributed by atoms with Gasteiger partial charge in [0, 0.05) is 24.8 Å². The Labute approximate surface area is 124 Å². The molecule has 21 heavy (non-hydrogen) atoms. The number of alkyl halides is 3. The van der Waals surface area contributed by atoms with E-state index >= 15 is 0 Å². The molecule has 2 N–H and O–H groups in total. The monoisotopic (exact) mass is 300 g/mol. The van der Waals surface area contributed by atoms with Gasteiger partial charge in [0.15, 0.2) is 0 Å². The second kappa shape index (κ2) is 6.69. The quantitative estimate of drug-likeness (QED) is 0.911. The largest absolute Gasteiger partial charge is 0.416 e. The molecule has 5 heteroatoms. The van der Waals surface area contributed by atoms with Crippen molar-refractivity contribution in [3.05, 3.63) is 29.3 Å². The first-order valence-corrected chi connectivity index (χ1v) is 7.62. The van der Waals surface area contributed by atoms with E-state index in [9.17, 15) is 13.2 Å². The number of hydrogen-bond donors (Lipinski definition) is 1. The standard InChI is InChI=1S/C16H23F3N2/c1-2-13(20)10-12-6-7-14(11-15(12)16(17,18)19)21-8-4-3-5-9-21/h6-7,11,13H,2-5,8-10,20H2,1H3. The van der Waals surface area contributed by atoms with Crippen molar-refractivity contribution in [2.75, 3.05) is 18.0 Å². The third kappa shape index (κ3) is 4.13. The summed E-state index contributed by atoms with van der Waals surface area (Å²) in [5.74, 6) is 0. The zero-order chi connectivity index (χ0) is 15.5. The SMILES string of the molecule is CCC(N)Cc1ccc(N2CCCCC2)cc1C(F)(F)F. The Morgan fingerprint density at radius 1 is 1.19 bits per heavy atom. The van der Waals surface area contributed by atoms with Gasteiger partial charge in [-0.25, -0.2) is 0 Å². The van der Waals surface area contributed by atoms with Crippen LogP contribution >= 0.6 is 0 Å². The lowest BCUT2D eigenvalue weighted by molar-refractivity contribution is -0.138. The summed E-state index contributed by atoms with van der Waals surface area (Å²) in [5.41, 5.74) is 6.27. The van der Waals surface area contributed by atoms with E-state index in [2.05, 4.69) is 0 Å². The van der Waals surface area contributed by atoms with Gasteiger partial charge in [-0.05, 0) is 49.8 Å². The van der Waals surface area contributed by atoms with Crippen molar-refractivity contribution in [1.82, 2.24) is 0 Å². The van der Waals surface area contributed by atoms with Crippen LogP contribution in [0, 0.1) is 0 Å². The molecule has 2 nitrogen and oxygen atoms in total. The molecule has 0 aliphatic carbocycles. The highest BCUT2D eigenvalue weighted by molar-refractivity contribution is 5.52. The maximum Gasteiger partial charge on any atom is 0.416 e. The van der Waals surface area contributed by atoms with Crippen molar-refractivity contribution >= 4 is 5.69 Å². The van der Waals surface area contributed by atoms with E-state index in [1.165, 1.54) is 6.07 Å². The zero-order valence-electron chi connectivity index (χ0n) is 12.4. The Kier molecular flexibility index (Phi) is 5.14. The molecule has 118 valence electrons. The number of anilines is 1. The Morgan fingerprint density at radius 2 is 1.86 bits per heavy atom. The van der Waals surface area contributed by atoms with Crippen molar-refractivity contribution in [1.29, 1.82) is 0 Å². The van der Waals surface area contributed by atoms with Gasteiger partial charge < -0.3 is 10.6 Å². The molecular formula is C16H23F3N2. The van der Waals surface area contributed by atoms with Gasteiger partial charge in [-0.15, -0.1) is 0 Å². The van der Waals surface area contributed by atoms with Crippen molar-refractivity contribution < 1.29 is 13.2 Å². The van der Waals surface area contributed by atoms with Crippen molar-refractivity contribution in [2.24, 2.45) is 5.73 Å². The van der Waals surface area contributed by atoms with Crippen LogP contribution in [0.5, 0.6) is 0 Å². The number of rotatable bonds is 4. The summed E-state index contributed by atoms with van der Waals surface area (Å²) in [7, 11) is 0. The van der Waals surface area contributed by atoms with E-state index < -0.39 is 11.7 Å². The highest BCUT2D eigenvalue weighted by Crippen LogP contribution is 2.35. The van der Waals surface area contributed by atoms with E-state index in [1.807, 2.05) is 11.8 Å². The highest BCUT2D eigenvalue weighted by Gasteiger charge is 2.34. The van der Waals surface area contributed by atoms with Crippen molar-refractivity contribution in [2.45, 2.75) is 51.2 Å². The summed E-state index contributed by atoms with van der Waals surface area (Å²) in [6.45, 7) is 3.57. The molecule has 0 amide bonds. The van der Waals surface area contributed by atoms with Gasteiger partial charge in [0.25, 0.3) is 0 Å². The smallest absolute Gasteiger partial charge is 0.372 e. The number of nitrogens with zero attached hydrogens (tertiary/aromatic N) is 1. The van der Waals surface area contributed by atoms with Gasteiger partial charge >= 0.3 is 6.18 Å². The Balaban J connectivity index is 2.30. The van der Waals surface area contributed by atoms with E-state index in [0.29, 0.717) is 17.7 Å². The Hall–Kier alpha value is -1.23. The molecular weight excluding hydrogens is 277 g/mol. The maximum atomic E-state index is 13.3. The molecule has 1 aromatic rings. The lowest BCUT2D eigenvalue weighted by atomic mass is 9.97. The first kappa shape index (κ1) is 16.1. The molecule has 1 heterocycles. The number of nitrogens with two attached hydrogens (primary N) is 1. The van der Waals surface area contributed by atoms with E-state index in [4.69, 9.17) is 5.73 Å². The fraction of sp³-hybridized carbons (Fsp3) is 0.625. The molecule has 1 atom stereocenters. The van der Waals surface area contributed by atoms with Crippen LogP contribution in [0.1, 0.15) is 43.7 Å². The second-order valence-corrected chi connectivity index (χ2v) is 5.76. The molecule has 1 aliphatic rings. The fourth-order valence-corrected chi connectivity index (χ4v) is 2.78. The summed E-state index contributed by atoms with van der Waals surface area (Å²) in [6, 6.07) is 4.47. The third-order valence-corrected chi connectivity index (χ3v) is 4.13.